The number of ether oxygens (including phenoxy) is 1. The molecule has 0 aliphatic rings. The quantitative estimate of drug-likeness (QED) is 0.417. The zero-order chi connectivity index (χ0) is 19.5. The van der Waals surface area contributed by atoms with E-state index in [1.807, 2.05) is 30.3 Å². The summed E-state index contributed by atoms with van der Waals surface area (Å²) in [6.45, 7) is 0.409. The third-order valence-corrected chi connectivity index (χ3v) is 4.17. The lowest BCUT2D eigenvalue weighted by atomic mass is 9.80. The van der Waals surface area contributed by atoms with Crippen molar-refractivity contribution in [3.05, 3.63) is 60.4 Å². The Kier molecular flexibility index (Phi) is 4.88. The molecule has 0 unspecified atom stereocenters. The molecule has 4 aromatic rings. The topological polar surface area (TPSA) is 118 Å². The summed E-state index contributed by atoms with van der Waals surface area (Å²) >= 11 is 0. The minimum absolute atomic E-state index is 0.375. The fourth-order valence-corrected chi connectivity index (χ4v) is 2.86. The van der Waals surface area contributed by atoms with Crippen LogP contribution >= 0.6 is 0 Å². The van der Waals surface area contributed by atoms with Crippen molar-refractivity contribution in [1.29, 1.82) is 0 Å². The summed E-state index contributed by atoms with van der Waals surface area (Å²) in [5.41, 5.74) is 2.87. The van der Waals surface area contributed by atoms with Gasteiger partial charge in [0, 0.05) is 6.54 Å². The predicted octanol–water partition coefficient (Wildman–Crippen LogP) is 0.511. The molecule has 0 aliphatic heterocycles. The van der Waals surface area contributed by atoms with Gasteiger partial charge >= 0.3 is 13.1 Å². The number of aromatic nitrogens is 5. The van der Waals surface area contributed by atoms with Gasteiger partial charge in [0.1, 0.15) is 6.33 Å². The van der Waals surface area contributed by atoms with Gasteiger partial charge in [-0.3, -0.25) is 0 Å². The Morgan fingerprint density at radius 1 is 1.07 bits per heavy atom. The molecule has 0 aliphatic carbocycles. The number of benzene rings is 2. The van der Waals surface area contributed by atoms with Crippen LogP contribution in [-0.4, -0.2) is 48.8 Å². The molecular formula is C18H17BN6O3. The van der Waals surface area contributed by atoms with E-state index in [1.165, 1.54) is 6.33 Å². The van der Waals surface area contributed by atoms with Gasteiger partial charge in [-0.1, -0.05) is 36.4 Å². The molecule has 0 atom stereocenters. The molecule has 140 valence electrons. The Balaban J connectivity index is 1.62. The third-order valence-electron chi connectivity index (χ3n) is 4.17. The second kappa shape index (κ2) is 7.63. The van der Waals surface area contributed by atoms with E-state index >= 15 is 0 Å². The number of methoxy groups -OCH3 is 1. The molecule has 3 N–H and O–H groups in total. The Labute approximate surface area is 160 Å². The zero-order valence-electron chi connectivity index (χ0n) is 15.0. The van der Waals surface area contributed by atoms with Gasteiger partial charge in [0.25, 0.3) is 0 Å². The first-order valence-corrected chi connectivity index (χ1v) is 8.55. The Hall–Kier alpha value is -3.50. The maximum absolute atomic E-state index is 9.29. The normalized spacial score (nSPS) is 10.8. The van der Waals surface area contributed by atoms with Crippen LogP contribution in [0.1, 0.15) is 5.56 Å². The first kappa shape index (κ1) is 17.9. The van der Waals surface area contributed by atoms with Crippen molar-refractivity contribution in [2.24, 2.45) is 0 Å². The fraction of sp³-hybridized carbons (Fsp3) is 0.111. The smallest absolute Gasteiger partial charge is 0.468 e. The standard InChI is InChI=1S/C18H17BN6O3/c1-28-18-23-14-7-2-3-8-15(14)25(18)17-22-11-21-16(24-17)20-10-12-5-4-6-13(9-12)19(26)27/h2-9,11,26-27H,10H2,1H3,(H,20,21,22,24). The van der Waals surface area contributed by atoms with Crippen molar-refractivity contribution >= 4 is 29.6 Å². The fourth-order valence-electron chi connectivity index (χ4n) is 2.86. The maximum Gasteiger partial charge on any atom is 0.488 e. The van der Waals surface area contributed by atoms with Gasteiger partial charge in [-0.05, 0) is 23.2 Å². The summed E-state index contributed by atoms with van der Waals surface area (Å²) in [5.74, 6) is 0.752. The molecule has 0 saturated carbocycles. The van der Waals surface area contributed by atoms with Crippen LogP contribution in [0, 0.1) is 0 Å². The lowest BCUT2D eigenvalue weighted by molar-refractivity contribution is 0.374. The largest absolute Gasteiger partial charge is 0.488 e. The highest BCUT2D eigenvalue weighted by Gasteiger charge is 2.15. The van der Waals surface area contributed by atoms with Gasteiger partial charge in [-0.25, -0.2) is 14.5 Å². The van der Waals surface area contributed by atoms with Crippen molar-refractivity contribution in [2.45, 2.75) is 6.54 Å². The van der Waals surface area contributed by atoms with Crippen molar-refractivity contribution in [3.8, 4) is 12.0 Å². The van der Waals surface area contributed by atoms with E-state index in [1.54, 1.807) is 29.9 Å². The van der Waals surface area contributed by atoms with E-state index in [-0.39, 0.29) is 0 Å². The Bertz CT molecular complexity index is 1120. The molecule has 0 fully saturated rings. The van der Waals surface area contributed by atoms with E-state index in [9.17, 15) is 10.0 Å². The van der Waals surface area contributed by atoms with Gasteiger partial charge in [0.05, 0.1) is 18.1 Å². The van der Waals surface area contributed by atoms with Crippen molar-refractivity contribution < 1.29 is 14.8 Å². The van der Waals surface area contributed by atoms with Crippen molar-refractivity contribution in [3.63, 3.8) is 0 Å². The maximum atomic E-state index is 9.29. The molecular weight excluding hydrogens is 359 g/mol. The summed E-state index contributed by atoms with van der Waals surface area (Å²) in [5, 5.41) is 21.7. The molecule has 2 aromatic heterocycles. The number of imidazole rings is 1. The zero-order valence-corrected chi connectivity index (χ0v) is 15.0. The second-order valence-corrected chi connectivity index (χ2v) is 6.00. The molecule has 2 aromatic carbocycles. The second-order valence-electron chi connectivity index (χ2n) is 6.00. The summed E-state index contributed by atoms with van der Waals surface area (Å²) < 4.78 is 7.09. The molecule has 0 radical (unpaired) electrons. The average molecular weight is 376 g/mol. The molecule has 28 heavy (non-hydrogen) atoms. The SMILES string of the molecule is COc1nc2ccccc2n1-c1ncnc(NCc2cccc(B(O)O)c2)n1. The number of fused-ring (bicyclic) bond motifs is 1. The minimum atomic E-state index is -1.51. The summed E-state index contributed by atoms with van der Waals surface area (Å²) in [6, 6.07) is 15.0. The van der Waals surface area contributed by atoms with E-state index in [0.29, 0.717) is 29.9 Å². The minimum Gasteiger partial charge on any atom is -0.468 e. The van der Waals surface area contributed by atoms with Crippen LogP contribution in [0.25, 0.3) is 17.0 Å². The van der Waals surface area contributed by atoms with Crippen molar-refractivity contribution in [2.75, 3.05) is 12.4 Å². The van der Waals surface area contributed by atoms with Crippen LogP contribution < -0.4 is 15.5 Å². The van der Waals surface area contributed by atoms with E-state index in [2.05, 4.69) is 25.3 Å². The molecule has 2 heterocycles. The number of para-hydroxylation sites is 2. The monoisotopic (exact) mass is 376 g/mol. The van der Waals surface area contributed by atoms with Gasteiger partial charge < -0.3 is 20.1 Å². The van der Waals surface area contributed by atoms with Gasteiger partial charge in [-0.15, -0.1) is 0 Å². The predicted molar refractivity (Wildman–Crippen MR) is 105 cm³/mol. The van der Waals surface area contributed by atoms with E-state index in [4.69, 9.17) is 4.74 Å². The summed E-state index contributed by atoms with van der Waals surface area (Å²) in [7, 11) is 0.0337. The first-order valence-electron chi connectivity index (χ1n) is 8.55. The Morgan fingerprint density at radius 2 is 1.93 bits per heavy atom. The van der Waals surface area contributed by atoms with Crippen LogP contribution in [0.2, 0.25) is 0 Å². The lowest BCUT2D eigenvalue weighted by Crippen LogP contribution is -2.30. The first-order chi connectivity index (χ1) is 13.7. The van der Waals surface area contributed by atoms with Crippen LogP contribution in [0.5, 0.6) is 6.01 Å². The van der Waals surface area contributed by atoms with Crippen molar-refractivity contribution in [1.82, 2.24) is 24.5 Å². The number of anilines is 1. The molecule has 0 bridgehead atoms. The van der Waals surface area contributed by atoms with E-state index < -0.39 is 7.12 Å². The highest BCUT2D eigenvalue weighted by Crippen LogP contribution is 2.24. The average Bonchev–Trinajstić information content (AvgIpc) is 3.11. The number of rotatable bonds is 6. The molecule has 9 nitrogen and oxygen atoms in total. The highest BCUT2D eigenvalue weighted by molar-refractivity contribution is 6.58. The molecule has 0 spiro atoms. The van der Waals surface area contributed by atoms with Gasteiger partial charge in [0.15, 0.2) is 0 Å². The number of nitrogens with zero attached hydrogens (tertiary/aromatic N) is 5. The lowest BCUT2D eigenvalue weighted by Gasteiger charge is -2.09. The third kappa shape index (κ3) is 3.50. The van der Waals surface area contributed by atoms with Crippen LogP contribution in [-0.2, 0) is 6.54 Å². The van der Waals surface area contributed by atoms with Crippen LogP contribution in [0.4, 0.5) is 5.95 Å². The molecule has 4 rings (SSSR count). The highest BCUT2D eigenvalue weighted by atomic mass is 16.5. The van der Waals surface area contributed by atoms with Crippen LogP contribution in [0.15, 0.2) is 54.9 Å². The molecule has 0 amide bonds. The van der Waals surface area contributed by atoms with Gasteiger partial charge in [-0.2, -0.15) is 9.97 Å². The summed E-state index contributed by atoms with van der Waals surface area (Å²) in [4.78, 5) is 17.3. The molecule has 0 saturated heterocycles. The number of hydrogen-bond donors (Lipinski definition) is 3. The van der Waals surface area contributed by atoms with Crippen LogP contribution in [0.3, 0.4) is 0 Å². The Morgan fingerprint density at radius 3 is 2.75 bits per heavy atom. The van der Waals surface area contributed by atoms with Gasteiger partial charge in [0.2, 0.25) is 11.9 Å². The molecule has 10 heteroatoms. The summed E-state index contributed by atoms with van der Waals surface area (Å²) in [6.07, 6.45) is 1.41. The van der Waals surface area contributed by atoms with E-state index in [0.717, 1.165) is 16.6 Å². The number of nitrogens with one attached hydrogen (secondary N) is 1. The number of hydrogen-bond acceptors (Lipinski definition) is 8.